The van der Waals surface area contributed by atoms with Crippen LogP contribution in [0.4, 0.5) is 0 Å². The number of hydrogen-bond donors (Lipinski definition) is 0. The molecular weight excluding hydrogens is 372 g/mol. The predicted octanol–water partition coefficient (Wildman–Crippen LogP) is 2.51. The number of carbonyl (C=O) groups is 1. The molecule has 0 N–H and O–H groups in total. The van der Waals surface area contributed by atoms with Gasteiger partial charge in [-0.1, -0.05) is 18.2 Å². The zero-order chi connectivity index (χ0) is 19.9. The summed E-state index contributed by atoms with van der Waals surface area (Å²) in [4.78, 5) is 23.0. The number of benzene rings is 1. The second-order valence-corrected chi connectivity index (χ2v) is 6.53. The zero-order valence-corrected chi connectivity index (χ0v) is 15.9. The summed E-state index contributed by atoms with van der Waals surface area (Å²) in [5, 5.41) is 0. The Bertz CT molecular complexity index is 945. The number of amides is 1. The molecule has 0 bridgehead atoms. The number of imidazole rings is 1. The lowest BCUT2D eigenvalue weighted by molar-refractivity contribution is -0.133. The van der Waals surface area contributed by atoms with Gasteiger partial charge in [0.15, 0.2) is 11.5 Å². The largest absolute Gasteiger partial charge is 0.487 e. The minimum Gasteiger partial charge on any atom is -0.487 e. The minimum atomic E-state index is -0.0343. The third-order valence-electron chi connectivity index (χ3n) is 4.49. The van der Waals surface area contributed by atoms with Crippen LogP contribution in [0.5, 0.6) is 17.4 Å². The third-order valence-corrected chi connectivity index (χ3v) is 4.49. The van der Waals surface area contributed by atoms with E-state index in [1.807, 2.05) is 36.4 Å². The molecule has 0 saturated carbocycles. The summed E-state index contributed by atoms with van der Waals surface area (Å²) in [7, 11) is 0. The summed E-state index contributed by atoms with van der Waals surface area (Å²) >= 11 is 0. The van der Waals surface area contributed by atoms with Crippen LogP contribution in [0.2, 0.25) is 0 Å². The molecule has 8 nitrogen and oxygen atoms in total. The van der Waals surface area contributed by atoms with Gasteiger partial charge >= 0.3 is 0 Å². The summed E-state index contributed by atoms with van der Waals surface area (Å²) in [6.07, 6.45) is 6.71. The molecule has 8 heteroatoms. The second-order valence-electron chi connectivity index (χ2n) is 6.53. The van der Waals surface area contributed by atoms with E-state index < -0.39 is 0 Å². The van der Waals surface area contributed by atoms with Gasteiger partial charge in [-0.05, 0) is 18.2 Å². The normalized spacial score (nSPS) is 14.8. The van der Waals surface area contributed by atoms with Gasteiger partial charge in [-0.3, -0.25) is 4.79 Å². The maximum Gasteiger partial charge on any atom is 0.242 e. The van der Waals surface area contributed by atoms with Gasteiger partial charge in [0.05, 0.1) is 26.1 Å². The highest BCUT2D eigenvalue weighted by Crippen LogP contribution is 2.32. The van der Waals surface area contributed by atoms with E-state index in [1.165, 1.54) is 0 Å². The van der Waals surface area contributed by atoms with Crippen molar-refractivity contribution in [2.45, 2.75) is 13.1 Å². The van der Waals surface area contributed by atoms with E-state index in [2.05, 4.69) is 9.97 Å². The lowest BCUT2D eigenvalue weighted by Crippen LogP contribution is -2.36. The van der Waals surface area contributed by atoms with Crippen LogP contribution < -0.4 is 9.47 Å². The van der Waals surface area contributed by atoms with Gasteiger partial charge in [0, 0.05) is 30.7 Å². The minimum absolute atomic E-state index is 0.0343. The molecule has 29 heavy (non-hydrogen) atoms. The van der Waals surface area contributed by atoms with E-state index in [4.69, 9.17) is 14.2 Å². The number of fused-ring (bicyclic) bond motifs is 2. The number of aromatic nitrogens is 3. The molecule has 0 spiro atoms. The van der Waals surface area contributed by atoms with E-state index >= 15 is 0 Å². The summed E-state index contributed by atoms with van der Waals surface area (Å²) in [6, 6.07) is 11.2. The van der Waals surface area contributed by atoms with E-state index in [1.54, 1.807) is 34.4 Å². The van der Waals surface area contributed by atoms with Crippen LogP contribution in [0.25, 0.3) is 0 Å². The Kier molecular flexibility index (Phi) is 6.01. The number of nitrogens with zero attached hydrogens (tertiary/aromatic N) is 4. The van der Waals surface area contributed by atoms with Crippen molar-refractivity contribution in [2.75, 3.05) is 26.4 Å². The molecule has 0 radical (unpaired) electrons. The number of ether oxygens (including phenoxy) is 3. The lowest BCUT2D eigenvalue weighted by Gasteiger charge is -2.23. The highest BCUT2D eigenvalue weighted by molar-refractivity contribution is 5.76. The Morgan fingerprint density at radius 3 is 2.79 bits per heavy atom. The van der Waals surface area contributed by atoms with Crippen molar-refractivity contribution >= 4 is 5.91 Å². The van der Waals surface area contributed by atoms with Crippen molar-refractivity contribution in [1.29, 1.82) is 0 Å². The van der Waals surface area contributed by atoms with Gasteiger partial charge in [0.2, 0.25) is 11.8 Å². The Labute approximate surface area is 168 Å². The third kappa shape index (κ3) is 4.91. The van der Waals surface area contributed by atoms with Crippen molar-refractivity contribution < 1.29 is 19.0 Å². The van der Waals surface area contributed by atoms with Crippen LogP contribution in [-0.4, -0.2) is 51.7 Å². The summed E-state index contributed by atoms with van der Waals surface area (Å²) < 4.78 is 19.3. The van der Waals surface area contributed by atoms with Gasteiger partial charge < -0.3 is 23.7 Å². The molecule has 3 aromatic rings. The number of rotatable bonds is 2. The topological polar surface area (TPSA) is 78.7 Å². The number of hydrogen-bond acceptors (Lipinski definition) is 6. The number of para-hydroxylation sites is 2. The summed E-state index contributed by atoms with van der Waals surface area (Å²) in [5.74, 6) is 1.61. The Morgan fingerprint density at radius 1 is 1.03 bits per heavy atom. The fourth-order valence-corrected chi connectivity index (χ4v) is 3.02. The maximum atomic E-state index is 12.9. The molecule has 1 aromatic carbocycles. The highest BCUT2D eigenvalue weighted by atomic mass is 16.5. The van der Waals surface area contributed by atoms with Gasteiger partial charge in [0.1, 0.15) is 13.2 Å². The van der Waals surface area contributed by atoms with Crippen LogP contribution in [0.1, 0.15) is 5.56 Å². The van der Waals surface area contributed by atoms with Gasteiger partial charge in [-0.2, -0.15) is 0 Å². The van der Waals surface area contributed by atoms with E-state index in [-0.39, 0.29) is 12.5 Å². The standard InChI is InChI=1S/C21H22N4O4/c26-20(15-24-9-8-22-16-24)25-10-11-27-12-13-28-18-5-1-2-6-19(18)29-21-17(14-25)4-3-7-23-21/h1-9,16H,10-15H2. The molecule has 0 unspecified atom stereocenters. The van der Waals surface area contributed by atoms with Crippen molar-refractivity contribution in [2.24, 2.45) is 0 Å². The first-order chi connectivity index (χ1) is 14.3. The monoisotopic (exact) mass is 394 g/mol. The molecule has 2 aromatic heterocycles. The molecule has 0 saturated heterocycles. The SMILES string of the molecule is O=C(Cn1ccnc1)N1CCOCCOc2ccccc2Oc2ncccc2C1. The van der Waals surface area contributed by atoms with E-state index in [0.717, 1.165) is 5.56 Å². The predicted molar refractivity (Wildman–Crippen MR) is 105 cm³/mol. The average Bonchev–Trinajstić information content (AvgIpc) is 3.24. The quantitative estimate of drug-likeness (QED) is 0.665. The maximum absolute atomic E-state index is 12.9. The van der Waals surface area contributed by atoms with Crippen molar-refractivity contribution in [3.63, 3.8) is 0 Å². The molecule has 0 fully saturated rings. The van der Waals surface area contributed by atoms with Crippen LogP contribution in [-0.2, 0) is 22.6 Å². The Balaban J connectivity index is 1.60. The molecule has 0 atom stereocenters. The average molecular weight is 394 g/mol. The first-order valence-electron chi connectivity index (χ1n) is 9.44. The number of carbonyl (C=O) groups excluding carboxylic acids is 1. The second kappa shape index (κ2) is 9.20. The van der Waals surface area contributed by atoms with Crippen LogP contribution in [0.15, 0.2) is 61.3 Å². The van der Waals surface area contributed by atoms with E-state index in [0.29, 0.717) is 50.3 Å². The highest BCUT2D eigenvalue weighted by Gasteiger charge is 2.19. The lowest BCUT2D eigenvalue weighted by atomic mass is 10.2. The van der Waals surface area contributed by atoms with Gasteiger partial charge in [-0.25, -0.2) is 9.97 Å². The van der Waals surface area contributed by atoms with Crippen LogP contribution in [0.3, 0.4) is 0 Å². The fourth-order valence-electron chi connectivity index (χ4n) is 3.02. The first-order valence-corrected chi connectivity index (χ1v) is 9.44. The van der Waals surface area contributed by atoms with Gasteiger partial charge in [0.25, 0.3) is 0 Å². The van der Waals surface area contributed by atoms with E-state index in [9.17, 15) is 4.79 Å². The Hall–Kier alpha value is -3.39. The summed E-state index contributed by atoms with van der Waals surface area (Å²) in [5.41, 5.74) is 0.806. The molecule has 0 aliphatic carbocycles. The van der Waals surface area contributed by atoms with Crippen molar-refractivity contribution in [1.82, 2.24) is 19.4 Å². The fraction of sp³-hybridized carbons (Fsp3) is 0.286. The summed E-state index contributed by atoms with van der Waals surface area (Å²) in [6.45, 7) is 2.25. The van der Waals surface area contributed by atoms with Crippen LogP contribution >= 0.6 is 0 Å². The van der Waals surface area contributed by atoms with Crippen molar-refractivity contribution in [3.8, 4) is 17.4 Å². The zero-order valence-electron chi connectivity index (χ0n) is 15.9. The van der Waals surface area contributed by atoms with Crippen LogP contribution in [0, 0.1) is 0 Å². The molecule has 150 valence electrons. The smallest absolute Gasteiger partial charge is 0.242 e. The molecule has 1 aliphatic heterocycles. The van der Waals surface area contributed by atoms with Crippen molar-refractivity contribution in [3.05, 3.63) is 66.9 Å². The number of pyridine rings is 1. The van der Waals surface area contributed by atoms with Gasteiger partial charge in [-0.15, -0.1) is 0 Å². The Morgan fingerprint density at radius 2 is 1.93 bits per heavy atom. The molecule has 1 aliphatic rings. The molecule has 1 amide bonds. The molecule has 4 rings (SSSR count). The first kappa shape index (κ1) is 18.9. The molecular formula is C21H22N4O4. The molecule has 3 heterocycles.